The zero-order chi connectivity index (χ0) is 19.0. The Hall–Kier alpha value is -2.62. The number of benzene rings is 1. The number of hydrogen-bond acceptors (Lipinski definition) is 7. The van der Waals surface area contributed by atoms with E-state index in [-0.39, 0.29) is 0 Å². The van der Waals surface area contributed by atoms with Crippen molar-refractivity contribution in [2.75, 3.05) is 11.9 Å². The molecular weight excluding hydrogens is 353 g/mol. The highest BCUT2D eigenvalue weighted by Crippen LogP contribution is 2.42. The van der Waals surface area contributed by atoms with Crippen molar-refractivity contribution >= 4 is 17.0 Å². The first kappa shape index (κ1) is 17.8. The molecule has 0 bridgehead atoms. The number of rotatable bonds is 5. The van der Waals surface area contributed by atoms with Crippen LogP contribution in [-0.2, 0) is 11.3 Å². The van der Waals surface area contributed by atoms with Crippen LogP contribution >= 0.6 is 0 Å². The number of nitrogens with one attached hydrogen (secondary N) is 1. The van der Waals surface area contributed by atoms with E-state index in [0.717, 1.165) is 5.56 Å². The minimum atomic E-state index is -2.11. The van der Waals surface area contributed by atoms with Gasteiger partial charge in [0.05, 0.1) is 12.9 Å². The molecule has 3 aromatic rings. The molecule has 9 heteroatoms. The van der Waals surface area contributed by atoms with Crippen molar-refractivity contribution in [2.24, 2.45) is 0 Å². The predicted octanol–water partition coefficient (Wildman–Crippen LogP) is 1.42. The number of ether oxygens (including phenoxy) is 1. The fourth-order valence-corrected chi connectivity index (χ4v) is 3.30. The third-order valence-corrected chi connectivity index (χ3v) is 4.81. The molecule has 4 atom stereocenters. The zero-order valence-corrected chi connectivity index (χ0v) is 14.7. The van der Waals surface area contributed by atoms with E-state index in [1.165, 1.54) is 24.1 Å². The number of aliphatic hydroxyl groups is 2. The second kappa shape index (κ2) is 6.84. The molecular formula is C18H20FN5O3. The van der Waals surface area contributed by atoms with Gasteiger partial charge in [0.1, 0.15) is 18.5 Å². The van der Waals surface area contributed by atoms with Gasteiger partial charge in [0.25, 0.3) is 0 Å². The van der Waals surface area contributed by atoms with E-state index >= 15 is 4.39 Å². The minimum Gasteiger partial charge on any atom is -0.394 e. The number of halogens is 1. The van der Waals surface area contributed by atoms with Crippen molar-refractivity contribution in [1.29, 1.82) is 0 Å². The van der Waals surface area contributed by atoms with Gasteiger partial charge in [-0.1, -0.05) is 30.3 Å². The van der Waals surface area contributed by atoms with Crippen LogP contribution in [-0.4, -0.2) is 54.2 Å². The van der Waals surface area contributed by atoms with Crippen LogP contribution in [0.3, 0.4) is 0 Å². The van der Waals surface area contributed by atoms with Gasteiger partial charge >= 0.3 is 0 Å². The average molecular weight is 373 g/mol. The number of imidazole rings is 1. The van der Waals surface area contributed by atoms with Crippen LogP contribution < -0.4 is 5.32 Å². The number of fused-ring (bicyclic) bond motifs is 1. The SMILES string of the molecule is CC1(F)C(O)C(CO)OC1n1cnc2c(NCc3ccccc3)ncnc21. The normalized spacial score (nSPS) is 27.9. The van der Waals surface area contributed by atoms with E-state index in [1.807, 2.05) is 30.3 Å². The molecule has 0 spiro atoms. The Morgan fingerprint density at radius 2 is 2.04 bits per heavy atom. The number of aromatic nitrogens is 4. The smallest absolute Gasteiger partial charge is 0.181 e. The average Bonchev–Trinajstić information content (AvgIpc) is 3.20. The second-order valence-electron chi connectivity index (χ2n) is 6.69. The zero-order valence-electron chi connectivity index (χ0n) is 14.7. The van der Waals surface area contributed by atoms with Crippen molar-refractivity contribution in [2.45, 2.75) is 37.6 Å². The quantitative estimate of drug-likeness (QED) is 0.621. The van der Waals surface area contributed by atoms with Gasteiger partial charge in [-0.25, -0.2) is 19.3 Å². The highest BCUT2D eigenvalue weighted by atomic mass is 19.1. The monoisotopic (exact) mass is 373 g/mol. The van der Waals surface area contributed by atoms with Gasteiger partial charge in [-0.2, -0.15) is 0 Å². The fourth-order valence-electron chi connectivity index (χ4n) is 3.30. The summed E-state index contributed by atoms with van der Waals surface area (Å²) in [6, 6.07) is 9.81. The van der Waals surface area contributed by atoms with Gasteiger partial charge in [0, 0.05) is 6.54 Å². The Morgan fingerprint density at radius 1 is 1.26 bits per heavy atom. The van der Waals surface area contributed by atoms with E-state index in [1.54, 1.807) is 0 Å². The van der Waals surface area contributed by atoms with Gasteiger partial charge in [0.2, 0.25) is 0 Å². The second-order valence-corrected chi connectivity index (χ2v) is 6.69. The summed E-state index contributed by atoms with van der Waals surface area (Å²) in [5.41, 5.74) is -0.188. The van der Waals surface area contributed by atoms with Crippen LogP contribution in [0.25, 0.3) is 11.2 Å². The molecule has 0 amide bonds. The Kier molecular flexibility index (Phi) is 4.50. The third kappa shape index (κ3) is 3.03. The van der Waals surface area contributed by atoms with Crippen LogP contribution in [0.15, 0.2) is 43.0 Å². The summed E-state index contributed by atoms with van der Waals surface area (Å²) in [5, 5.41) is 22.6. The molecule has 1 aliphatic rings. The van der Waals surface area contributed by atoms with Gasteiger partial charge in [-0.05, 0) is 12.5 Å². The van der Waals surface area contributed by atoms with E-state index in [9.17, 15) is 10.2 Å². The molecule has 8 nitrogen and oxygen atoms in total. The van der Waals surface area contributed by atoms with Gasteiger partial charge in [-0.15, -0.1) is 0 Å². The lowest BCUT2D eigenvalue weighted by Crippen LogP contribution is -2.40. The molecule has 3 heterocycles. The van der Waals surface area contributed by atoms with Crippen molar-refractivity contribution in [3.05, 3.63) is 48.5 Å². The maximum atomic E-state index is 15.1. The molecule has 27 heavy (non-hydrogen) atoms. The highest BCUT2D eigenvalue weighted by Gasteiger charge is 2.55. The molecule has 4 rings (SSSR count). The molecule has 1 aromatic carbocycles. The molecule has 2 aromatic heterocycles. The van der Waals surface area contributed by atoms with Gasteiger partial charge < -0.3 is 20.3 Å². The van der Waals surface area contributed by atoms with E-state index < -0.39 is 30.7 Å². The summed E-state index contributed by atoms with van der Waals surface area (Å²) in [5.74, 6) is 0.514. The molecule has 4 unspecified atom stereocenters. The summed E-state index contributed by atoms with van der Waals surface area (Å²) < 4.78 is 22.0. The maximum absolute atomic E-state index is 15.1. The van der Waals surface area contributed by atoms with Crippen LogP contribution in [0, 0.1) is 0 Å². The highest BCUT2D eigenvalue weighted by molar-refractivity contribution is 5.82. The summed E-state index contributed by atoms with van der Waals surface area (Å²) >= 11 is 0. The van der Waals surface area contributed by atoms with Crippen LogP contribution in [0.5, 0.6) is 0 Å². The lowest BCUT2D eigenvalue weighted by molar-refractivity contribution is -0.0566. The summed E-state index contributed by atoms with van der Waals surface area (Å²) in [7, 11) is 0. The third-order valence-electron chi connectivity index (χ3n) is 4.81. The van der Waals surface area contributed by atoms with Crippen LogP contribution in [0.2, 0.25) is 0 Å². The number of aliphatic hydroxyl groups excluding tert-OH is 2. The molecule has 3 N–H and O–H groups in total. The molecule has 1 fully saturated rings. The van der Waals surface area contributed by atoms with E-state index in [0.29, 0.717) is 23.5 Å². The van der Waals surface area contributed by atoms with Crippen molar-refractivity contribution in [3.63, 3.8) is 0 Å². The van der Waals surface area contributed by atoms with Crippen LogP contribution in [0.1, 0.15) is 18.7 Å². The Bertz CT molecular complexity index is 933. The van der Waals surface area contributed by atoms with Gasteiger partial charge in [-0.3, -0.25) is 4.57 Å². The Balaban J connectivity index is 1.65. The molecule has 1 saturated heterocycles. The van der Waals surface area contributed by atoms with Crippen molar-refractivity contribution < 1.29 is 19.3 Å². The molecule has 0 saturated carbocycles. The summed E-state index contributed by atoms with van der Waals surface area (Å²) in [6.45, 7) is 1.30. The number of alkyl halides is 1. The number of hydrogen-bond donors (Lipinski definition) is 3. The first-order valence-electron chi connectivity index (χ1n) is 8.61. The Labute approximate surface area is 154 Å². The Morgan fingerprint density at radius 3 is 2.74 bits per heavy atom. The number of anilines is 1. The first-order chi connectivity index (χ1) is 13.0. The van der Waals surface area contributed by atoms with Gasteiger partial charge in [0.15, 0.2) is 28.9 Å². The fraction of sp³-hybridized carbons (Fsp3) is 0.389. The topological polar surface area (TPSA) is 105 Å². The lowest BCUT2D eigenvalue weighted by Gasteiger charge is -2.24. The standard InChI is InChI=1S/C18H20FN5O3/c1-18(19)14(26)12(8-25)27-17(18)24-10-23-13-15(21-9-22-16(13)24)20-7-11-5-3-2-4-6-11/h2-6,9-10,12,14,17,25-26H,7-8H2,1H3,(H,20,21,22). The lowest BCUT2D eigenvalue weighted by atomic mass is 9.98. The summed E-state index contributed by atoms with van der Waals surface area (Å²) in [4.78, 5) is 12.7. The maximum Gasteiger partial charge on any atom is 0.181 e. The largest absolute Gasteiger partial charge is 0.394 e. The molecule has 142 valence electrons. The van der Waals surface area contributed by atoms with Crippen molar-refractivity contribution in [3.8, 4) is 0 Å². The van der Waals surface area contributed by atoms with E-state index in [2.05, 4.69) is 20.3 Å². The minimum absolute atomic E-state index is 0.375. The molecule has 0 radical (unpaired) electrons. The molecule has 1 aliphatic heterocycles. The number of nitrogens with zero attached hydrogens (tertiary/aromatic N) is 4. The first-order valence-corrected chi connectivity index (χ1v) is 8.61. The summed E-state index contributed by atoms with van der Waals surface area (Å²) in [6.07, 6.45) is -0.866. The van der Waals surface area contributed by atoms with Crippen LogP contribution in [0.4, 0.5) is 10.2 Å². The van der Waals surface area contributed by atoms with Crippen molar-refractivity contribution in [1.82, 2.24) is 19.5 Å². The molecule has 0 aliphatic carbocycles. The predicted molar refractivity (Wildman–Crippen MR) is 95.6 cm³/mol. The van der Waals surface area contributed by atoms with E-state index in [4.69, 9.17) is 4.74 Å².